The molecule has 0 saturated carbocycles. The Bertz CT molecular complexity index is 558. The average molecular weight is 247 g/mol. The third kappa shape index (κ3) is 3.07. The van der Waals surface area contributed by atoms with Crippen molar-refractivity contribution in [3.63, 3.8) is 0 Å². The summed E-state index contributed by atoms with van der Waals surface area (Å²) < 4.78 is 6.87. The molecule has 96 valence electrons. The average Bonchev–Trinajstić information content (AvgIpc) is 2.79. The Morgan fingerprint density at radius 3 is 2.94 bits per heavy atom. The van der Waals surface area contributed by atoms with Gasteiger partial charge >= 0.3 is 5.69 Å². The first-order valence-electron chi connectivity index (χ1n) is 5.95. The Balaban J connectivity index is 1.89. The van der Waals surface area contributed by atoms with Crippen LogP contribution >= 0.6 is 0 Å². The number of aryl methyl sites for hydroxylation is 2. The summed E-state index contributed by atoms with van der Waals surface area (Å²) in [7, 11) is 0. The zero-order valence-corrected chi connectivity index (χ0v) is 10.6. The molecule has 0 bridgehead atoms. The highest BCUT2D eigenvalue weighted by Crippen LogP contribution is 1.99. The summed E-state index contributed by atoms with van der Waals surface area (Å²) in [5.74, 6) is 0.890. The lowest BCUT2D eigenvalue weighted by molar-refractivity contribution is 0.472. The molecule has 0 saturated heterocycles. The lowest BCUT2D eigenvalue weighted by Crippen LogP contribution is -2.30. The summed E-state index contributed by atoms with van der Waals surface area (Å²) in [6.45, 7) is 5.72. The first-order valence-corrected chi connectivity index (χ1v) is 5.95. The molecule has 0 aliphatic carbocycles. The Hall–Kier alpha value is -1.88. The first-order chi connectivity index (χ1) is 8.66. The maximum absolute atomic E-state index is 11.7. The van der Waals surface area contributed by atoms with Crippen molar-refractivity contribution in [1.29, 1.82) is 0 Å². The molecule has 0 radical (unpaired) electrons. The van der Waals surface area contributed by atoms with E-state index in [1.165, 1.54) is 0 Å². The SMILES string of the molecule is Cc1cc(C)n(CCNCc2ccco2)c(=O)n1. The molecule has 0 aliphatic rings. The van der Waals surface area contributed by atoms with E-state index in [0.29, 0.717) is 19.6 Å². The predicted octanol–water partition coefficient (Wildman–Crippen LogP) is 1.24. The molecule has 0 aliphatic heterocycles. The number of rotatable bonds is 5. The summed E-state index contributed by atoms with van der Waals surface area (Å²) in [5, 5.41) is 3.22. The minimum atomic E-state index is -0.188. The van der Waals surface area contributed by atoms with E-state index < -0.39 is 0 Å². The second kappa shape index (κ2) is 5.64. The van der Waals surface area contributed by atoms with Crippen LogP contribution < -0.4 is 11.0 Å². The Kier molecular flexibility index (Phi) is 3.94. The van der Waals surface area contributed by atoms with Crippen LogP contribution in [0.25, 0.3) is 0 Å². The maximum atomic E-state index is 11.7. The normalized spacial score (nSPS) is 10.8. The highest BCUT2D eigenvalue weighted by Gasteiger charge is 2.02. The van der Waals surface area contributed by atoms with Crippen LogP contribution in [0.4, 0.5) is 0 Å². The van der Waals surface area contributed by atoms with E-state index in [4.69, 9.17) is 4.42 Å². The molecule has 2 aromatic heterocycles. The molecule has 0 amide bonds. The van der Waals surface area contributed by atoms with Gasteiger partial charge in [0.25, 0.3) is 0 Å². The summed E-state index contributed by atoms with van der Waals surface area (Å²) in [4.78, 5) is 15.6. The molecule has 2 aromatic rings. The lowest BCUT2D eigenvalue weighted by atomic mass is 10.3. The number of aromatic nitrogens is 2. The summed E-state index contributed by atoms with van der Waals surface area (Å²) >= 11 is 0. The fourth-order valence-corrected chi connectivity index (χ4v) is 1.86. The van der Waals surface area contributed by atoms with Crippen molar-refractivity contribution in [1.82, 2.24) is 14.9 Å². The van der Waals surface area contributed by atoms with E-state index in [1.807, 2.05) is 32.0 Å². The van der Waals surface area contributed by atoms with Crippen molar-refractivity contribution in [2.45, 2.75) is 26.9 Å². The smallest absolute Gasteiger partial charge is 0.347 e. The van der Waals surface area contributed by atoms with Gasteiger partial charge in [-0.25, -0.2) is 4.79 Å². The van der Waals surface area contributed by atoms with Crippen molar-refractivity contribution >= 4 is 0 Å². The molecule has 5 nitrogen and oxygen atoms in total. The van der Waals surface area contributed by atoms with Gasteiger partial charge in [-0.3, -0.25) is 4.57 Å². The van der Waals surface area contributed by atoms with Gasteiger partial charge in [-0.1, -0.05) is 0 Å². The molecule has 5 heteroatoms. The largest absolute Gasteiger partial charge is 0.468 e. The monoisotopic (exact) mass is 247 g/mol. The van der Waals surface area contributed by atoms with E-state index in [-0.39, 0.29) is 5.69 Å². The van der Waals surface area contributed by atoms with Gasteiger partial charge in [0.15, 0.2) is 0 Å². The number of furan rings is 1. The van der Waals surface area contributed by atoms with Crippen LogP contribution in [0, 0.1) is 13.8 Å². The molecule has 1 N–H and O–H groups in total. The van der Waals surface area contributed by atoms with Gasteiger partial charge in [0.05, 0.1) is 12.8 Å². The van der Waals surface area contributed by atoms with Gasteiger partial charge < -0.3 is 9.73 Å². The van der Waals surface area contributed by atoms with Crippen molar-refractivity contribution in [2.75, 3.05) is 6.54 Å². The van der Waals surface area contributed by atoms with E-state index in [9.17, 15) is 4.79 Å². The number of hydrogen-bond acceptors (Lipinski definition) is 4. The molecule has 0 aromatic carbocycles. The van der Waals surface area contributed by atoms with Crippen LogP contribution in [-0.4, -0.2) is 16.1 Å². The second-order valence-electron chi connectivity index (χ2n) is 4.23. The quantitative estimate of drug-likeness (QED) is 0.808. The molecule has 0 atom stereocenters. The molecule has 2 heterocycles. The molecule has 2 rings (SSSR count). The Labute approximate surface area is 105 Å². The maximum Gasteiger partial charge on any atom is 0.347 e. The number of hydrogen-bond donors (Lipinski definition) is 1. The summed E-state index contributed by atoms with van der Waals surface area (Å²) in [6.07, 6.45) is 1.65. The van der Waals surface area contributed by atoms with Crippen LogP contribution in [0.2, 0.25) is 0 Å². The van der Waals surface area contributed by atoms with Crippen molar-refractivity contribution < 1.29 is 4.42 Å². The highest BCUT2D eigenvalue weighted by atomic mass is 16.3. The van der Waals surface area contributed by atoms with Crippen molar-refractivity contribution in [3.8, 4) is 0 Å². The van der Waals surface area contributed by atoms with Crippen LogP contribution in [0.3, 0.4) is 0 Å². The van der Waals surface area contributed by atoms with E-state index in [2.05, 4.69) is 10.3 Å². The molecule has 0 fully saturated rings. The third-order valence-corrected chi connectivity index (χ3v) is 2.74. The van der Waals surface area contributed by atoms with E-state index in [1.54, 1.807) is 10.8 Å². The molecule has 0 spiro atoms. The summed E-state index contributed by atoms with van der Waals surface area (Å²) in [5.41, 5.74) is 1.51. The molecular weight excluding hydrogens is 230 g/mol. The van der Waals surface area contributed by atoms with Crippen LogP contribution in [0.5, 0.6) is 0 Å². The van der Waals surface area contributed by atoms with Crippen LogP contribution in [0.1, 0.15) is 17.1 Å². The minimum Gasteiger partial charge on any atom is -0.468 e. The molecular formula is C13H17N3O2. The Morgan fingerprint density at radius 2 is 2.28 bits per heavy atom. The van der Waals surface area contributed by atoms with Gasteiger partial charge in [-0.2, -0.15) is 4.98 Å². The summed E-state index contributed by atoms with van der Waals surface area (Å²) in [6, 6.07) is 5.68. The molecule has 18 heavy (non-hydrogen) atoms. The zero-order chi connectivity index (χ0) is 13.0. The lowest BCUT2D eigenvalue weighted by Gasteiger charge is -2.09. The number of nitrogens with zero attached hydrogens (tertiary/aromatic N) is 2. The fourth-order valence-electron chi connectivity index (χ4n) is 1.86. The van der Waals surface area contributed by atoms with Crippen molar-refractivity contribution in [3.05, 3.63) is 52.1 Å². The predicted molar refractivity (Wildman–Crippen MR) is 68.4 cm³/mol. The third-order valence-electron chi connectivity index (χ3n) is 2.74. The van der Waals surface area contributed by atoms with E-state index in [0.717, 1.165) is 17.1 Å². The molecule has 0 unspecified atom stereocenters. The topological polar surface area (TPSA) is 60.1 Å². The Morgan fingerprint density at radius 1 is 1.44 bits per heavy atom. The van der Waals surface area contributed by atoms with Gasteiger partial charge in [0.2, 0.25) is 0 Å². The minimum absolute atomic E-state index is 0.188. The standard InChI is InChI=1S/C13H17N3O2/c1-10-8-11(2)16(13(17)15-10)6-5-14-9-12-4-3-7-18-12/h3-4,7-8,14H,5-6,9H2,1-2H3. The second-order valence-corrected chi connectivity index (χ2v) is 4.23. The fraction of sp³-hybridized carbons (Fsp3) is 0.385. The highest BCUT2D eigenvalue weighted by molar-refractivity contribution is 5.06. The van der Waals surface area contributed by atoms with Gasteiger partial charge in [-0.05, 0) is 32.0 Å². The van der Waals surface area contributed by atoms with Crippen molar-refractivity contribution in [2.24, 2.45) is 0 Å². The van der Waals surface area contributed by atoms with Gasteiger partial charge in [0, 0.05) is 24.5 Å². The van der Waals surface area contributed by atoms with Crippen LogP contribution in [-0.2, 0) is 13.1 Å². The van der Waals surface area contributed by atoms with E-state index >= 15 is 0 Å². The number of nitrogens with one attached hydrogen (secondary N) is 1. The van der Waals surface area contributed by atoms with Gasteiger partial charge in [0.1, 0.15) is 5.76 Å². The zero-order valence-electron chi connectivity index (χ0n) is 10.6. The first kappa shape index (κ1) is 12.6. The van der Waals surface area contributed by atoms with Crippen LogP contribution in [0.15, 0.2) is 33.7 Å². The van der Waals surface area contributed by atoms with Gasteiger partial charge in [-0.15, -0.1) is 0 Å².